The SMILES string of the molecule is Cc1ccc(C(=O)N(CC(=O)Nc2nc(CC(=O)N3CCc4ccccc4C3)cs2)C(C)C)cc1. The molecule has 35 heavy (non-hydrogen) atoms. The van der Waals surface area contributed by atoms with Gasteiger partial charge in [0.25, 0.3) is 5.91 Å². The van der Waals surface area contributed by atoms with Gasteiger partial charge < -0.3 is 15.1 Å². The first-order chi connectivity index (χ1) is 16.8. The lowest BCUT2D eigenvalue weighted by molar-refractivity contribution is -0.131. The molecular weight excluding hydrogens is 460 g/mol. The average molecular weight is 491 g/mol. The summed E-state index contributed by atoms with van der Waals surface area (Å²) in [6.07, 6.45) is 1.05. The molecule has 0 atom stereocenters. The maximum Gasteiger partial charge on any atom is 0.254 e. The standard InChI is InChI=1S/C27H30N4O3S/c1-18(2)31(26(34)21-10-8-19(3)9-11-21)16-24(32)29-27-28-23(17-35-27)14-25(33)30-13-12-20-6-4-5-7-22(20)15-30/h4-11,17-18H,12-16H2,1-3H3,(H,28,29,32). The molecule has 0 spiro atoms. The molecule has 2 heterocycles. The summed E-state index contributed by atoms with van der Waals surface area (Å²) in [6, 6.07) is 15.4. The number of amides is 3. The van der Waals surface area contributed by atoms with Gasteiger partial charge in [-0.1, -0.05) is 42.0 Å². The first-order valence-corrected chi connectivity index (χ1v) is 12.6. The summed E-state index contributed by atoms with van der Waals surface area (Å²) >= 11 is 1.28. The highest BCUT2D eigenvalue weighted by molar-refractivity contribution is 7.13. The highest BCUT2D eigenvalue weighted by Crippen LogP contribution is 2.21. The van der Waals surface area contributed by atoms with E-state index in [2.05, 4.69) is 22.4 Å². The van der Waals surface area contributed by atoms with Gasteiger partial charge in [0.15, 0.2) is 5.13 Å². The second-order valence-corrected chi connectivity index (χ2v) is 9.95. The van der Waals surface area contributed by atoms with Crippen LogP contribution in [0, 0.1) is 6.92 Å². The first kappa shape index (κ1) is 24.6. The van der Waals surface area contributed by atoms with Crippen LogP contribution in [0.5, 0.6) is 0 Å². The van der Waals surface area contributed by atoms with Crippen LogP contribution in [0.2, 0.25) is 0 Å². The van der Waals surface area contributed by atoms with Gasteiger partial charge in [-0.15, -0.1) is 11.3 Å². The van der Waals surface area contributed by atoms with Crippen LogP contribution < -0.4 is 5.32 Å². The summed E-state index contributed by atoms with van der Waals surface area (Å²) in [7, 11) is 0. The lowest BCUT2D eigenvalue weighted by Crippen LogP contribution is -2.42. The Morgan fingerprint density at radius 1 is 1.09 bits per heavy atom. The van der Waals surface area contributed by atoms with Gasteiger partial charge in [-0.05, 0) is 50.5 Å². The van der Waals surface area contributed by atoms with Crippen molar-refractivity contribution >= 4 is 34.2 Å². The van der Waals surface area contributed by atoms with Gasteiger partial charge in [0.05, 0.1) is 12.1 Å². The van der Waals surface area contributed by atoms with Crippen molar-refractivity contribution in [1.82, 2.24) is 14.8 Å². The molecule has 0 radical (unpaired) electrons. The van der Waals surface area contributed by atoms with Crippen molar-refractivity contribution in [3.8, 4) is 0 Å². The third-order valence-corrected chi connectivity index (χ3v) is 6.92. The number of nitrogens with zero attached hydrogens (tertiary/aromatic N) is 3. The topological polar surface area (TPSA) is 82.6 Å². The number of carbonyl (C=O) groups is 3. The summed E-state index contributed by atoms with van der Waals surface area (Å²) in [5.74, 6) is -0.486. The zero-order valence-corrected chi connectivity index (χ0v) is 21.1. The molecule has 182 valence electrons. The lowest BCUT2D eigenvalue weighted by atomic mass is 10.00. The third kappa shape index (κ3) is 6.14. The fourth-order valence-electron chi connectivity index (χ4n) is 4.09. The predicted molar refractivity (Wildman–Crippen MR) is 137 cm³/mol. The summed E-state index contributed by atoms with van der Waals surface area (Å²) in [5.41, 5.74) is 4.73. The molecule has 3 amide bonds. The van der Waals surface area contributed by atoms with E-state index < -0.39 is 0 Å². The number of aryl methyl sites for hydroxylation is 1. The van der Waals surface area contributed by atoms with E-state index in [1.165, 1.54) is 27.4 Å². The van der Waals surface area contributed by atoms with Crippen LogP contribution in [-0.4, -0.2) is 51.6 Å². The van der Waals surface area contributed by atoms with Crippen molar-refractivity contribution in [2.24, 2.45) is 0 Å². The molecule has 0 bridgehead atoms. The van der Waals surface area contributed by atoms with Crippen LogP contribution in [0.3, 0.4) is 0 Å². The van der Waals surface area contributed by atoms with Gasteiger partial charge in [0, 0.05) is 30.1 Å². The Bertz CT molecular complexity index is 1220. The fraction of sp³-hybridized carbons (Fsp3) is 0.333. The average Bonchev–Trinajstić information content (AvgIpc) is 3.28. The highest BCUT2D eigenvalue weighted by Gasteiger charge is 2.23. The van der Waals surface area contributed by atoms with Crippen LogP contribution in [0.15, 0.2) is 53.9 Å². The molecule has 1 N–H and O–H groups in total. The van der Waals surface area contributed by atoms with Crippen molar-refractivity contribution < 1.29 is 14.4 Å². The monoisotopic (exact) mass is 490 g/mol. The quantitative estimate of drug-likeness (QED) is 0.541. The zero-order chi connectivity index (χ0) is 24.9. The smallest absolute Gasteiger partial charge is 0.254 e. The number of fused-ring (bicyclic) bond motifs is 1. The normalized spacial score (nSPS) is 12.9. The van der Waals surface area contributed by atoms with Gasteiger partial charge in [-0.25, -0.2) is 4.98 Å². The van der Waals surface area contributed by atoms with E-state index in [-0.39, 0.29) is 36.7 Å². The van der Waals surface area contributed by atoms with Gasteiger partial charge in [-0.3, -0.25) is 14.4 Å². The Balaban J connectivity index is 1.33. The maximum absolute atomic E-state index is 12.9. The van der Waals surface area contributed by atoms with Crippen molar-refractivity contribution in [2.75, 3.05) is 18.4 Å². The third-order valence-electron chi connectivity index (χ3n) is 6.11. The molecular formula is C27H30N4O3S. The number of anilines is 1. The minimum absolute atomic E-state index is 0.0253. The van der Waals surface area contributed by atoms with Crippen LogP contribution in [0.25, 0.3) is 0 Å². The van der Waals surface area contributed by atoms with E-state index in [4.69, 9.17) is 0 Å². The minimum Gasteiger partial charge on any atom is -0.338 e. The Morgan fingerprint density at radius 3 is 2.51 bits per heavy atom. The van der Waals surface area contributed by atoms with E-state index >= 15 is 0 Å². The maximum atomic E-state index is 12.9. The minimum atomic E-state index is -0.320. The molecule has 4 rings (SSSR count). The Morgan fingerprint density at radius 2 is 1.80 bits per heavy atom. The molecule has 0 unspecified atom stereocenters. The second-order valence-electron chi connectivity index (χ2n) is 9.10. The van der Waals surface area contributed by atoms with E-state index in [9.17, 15) is 14.4 Å². The van der Waals surface area contributed by atoms with E-state index in [0.29, 0.717) is 29.5 Å². The van der Waals surface area contributed by atoms with Crippen LogP contribution in [0.1, 0.15) is 46.6 Å². The first-order valence-electron chi connectivity index (χ1n) is 11.8. The molecule has 7 nitrogen and oxygen atoms in total. The van der Waals surface area contributed by atoms with E-state index in [1.807, 2.05) is 49.9 Å². The molecule has 2 aromatic carbocycles. The molecule has 1 aliphatic heterocycles. The molecule has 0 aliphatic carbocycles. The Labute approximate surface area is 209 Å². The molecule has 3 aromatic rings. The molecule has 0 saturated carbocycles. The van der Waals surface area contributed by atoms with Crippen LogP contribution >= 0.6 is 11.3 Å². The van der Waals surface area contributed by atoms with Crippen molar-refractivity contribution in [3.63, 3.8) is 0 Å². The second kappa shape index (κ2) is 10.8. The van der Waals surface area contributed by atoms with E-state index in [0.717, 1.165) is 12.0 Å². The summed E-state index contributed by atoms with van der Waals surface area (Å²) in [6.45, 7) is 6.96. The zero-order valence-electron chi connectivity index (χ0n) is 20.3. The number of thiazole rings is 1. The van der Waals surface area contributed by atoms with Gasteiger partial charge in [0.2, 0.25) is 11.8 Å². The fourth-order valence-corrected chi connectivity index (χ4v) is 4.81. The number of benzene rings is 2. The van der Waals surface area contributed by atoms with Crippen molar-refractivity contribution in [2.45, 2.75) is 46.2 Å². The molecule has 1 aromatic heterocycles. The van der Waals surface area contributed by atoms with Crippen LogP contribution in [0.4, 0.5) is 5.13 Å². The van der Waals surface area contributed by atoms with Gasteiger partial charge in [0.1, 0.15) is 6.54 Å². The Hall–Kier alpha value is -3.52. The summed E-state index contributed by atoms with van der Waals surface area (Å²) in [5, 5.41) is 5.00. The lowest BCUT2D eigenvalue weighted by Gasteiger charge is -2.28. The number of carbonyl (C=O) groups excluding carboxylic acids is 3. The van der Waals surface area contributed by atoms with Gasteiger partial charge in [-0.2, -0.15) is 0 Å². The van der Waals surface area contributed by atoms with Crippen molar-refractivity contribution in [1.29, 1.82) is 0 Å². The highest BCUT2D eigenvalue weighted by atomic mass is 32.1. The predicted octanol–water partition coefficient (Wildman–Crippen LogP) is 4.07. The van der Waals surface area contributed by atoms with Crippen LogP contribution in [-0.2, 0) is 29.0 Å². The number of hydrogen-bond donors (Lipinski definition) is 1. The molecule has 0 fully saturated rings. The number of nitrogens with one attached hydrogen (secondary N) is 1. The summed E-state index contributed by atoms with van der Waals surface area (Å²) < 4.78 is 0. The van der Waals surface area contributed by atoms with Crippen molar-refractivity contribution in [3.05, 3.63) is 81.9 Å². The number of rotatable bonds is 7. The Kier molecular flexibility index (Phi) is 7.60. The summed E-state index contributed by atoms with van der Waals surface area (Å²) in [4.78, 5) is 46.3. The molecule has 1 aliphatic rings. The van der Waals surface area contributed by atoms with E-state index in [1.54, 1.807) is 17.5 Å². The number of hydrogen-bond acceptors (Lipinski definition) is 5. The number of aromatic nitrogens is 1. The van der Waals surface area contributed by atoms with Gasteiger partial charge >= 0.3 is 0 Å². The largest absolute Gasteiger partial charge is 0.338 e. The molecule has 8 heteroatoms. The molecule has 0 saturated heterocycles.